The summed E-state index contributed by atoms with van der Waals surface area (Å²) in [4.78, 5) is 39.8. The summed E-state index contributed by atoms with van der Waals surface area (Å²) in [5, 5.41) is 4.47. The van der Waals surface area contributed by atoms with Crippen molar-refractivity contribution in [3.63, 3.8) is 0 Å². The number of alkyl carbamates (subject to hydrolysis) is 1. The van der Waals surface area contributed by atoms with E-state index in [2.05, 4.69) is 10.6 Å². The van der Waals surface area contributed by atoms with Crippen LogP contribution in [0.3, 0.4) is 0 Å². The molecule has 0 saturated heterocycles. The van der Waals surface area contributed by atoms with E-state index in [1.165, 1.54) is 24.3 Å². The van der Waals surface area contributed by atoms with Gasteiger partial charge in [0.05, 0.1) is 7.11 Å². The van der Waals surface area contributed by atoms with Crippen molar-refractivity contribution in [1.82, 2.24) is 10.6 Å². The third kappa shape index (κ3) is 9.54. The molecule has 0 fully saturated rings. The first kappa shape index (κ1) is 51.8. The summed E-state index contributed by atoms with van der Waals surface area (Å²) in [6, 6.07) is 12.4. The lowest BCUT2D eigenvalue weighted by atomic mass is 9.90. The maximum absolute atomic E-state index is 15.2. The number of alkyl halides is 18. The number of rotatable bonds is 16. The Hall–Kier alpha value is -6.17. The first-order chi connectivity index (χ1) is 30.7. The molecule has 2 N–H and O–H groups in total. The fraction of sp³-hybridized carbons (Fsp3) is 0.357. The van der Waals surface area contributed by atoms with E-state index in [0.717, 1.165) is 7.11 Å². The molecular formula is C42H30F18N2O5. The topological polar surface area (TPSA) is 93.7 Å². The molecule has 0 aromatic heterocycles. The highest BCUT2D eigenvalue weighted by atomic mass is 19.4. The van der Waals surface area contributed by atoms with Crippen molar-refractivity contribution in [2.45, 2.75) is 78.7 Å². The molecule has 7 nitrogen and oxygen atoms in total. The first-order valence-corrected chi connectivity index (χ1v) is 18.8. The molecule has 0 heterocycles. The third-order valence-corrected chi connectivity index (χ3v) is 10.5. The van der Waals surface area contributed by atoms with E-state index < -0.39 is 130 Å². The second kappa shape index (κ2) is 18.1. The third-order valence-electron chi connectivity index (χ3n) is 10.5. The van der Waals surface area contributed by atoms with Gasteiger partial charge < -0.3 is 20.1 Å². The smallest absolute Gasteiger partial charge is 0.460 e. The summed E-state index contributed by atoms with van der Waals surface area (Å²) in [7, 11) is 0.990. The molecule has 67 heavy (non-hydrogen) atoms. The molecular weight excluding hydrogens is 954 g/mol. The van der Waals surface area contributed by atoms with E-state index >= 15 is 17.6 Å². The highest BCUT2D eigenvalue weighted by molar-refractivity contribution is 5.90. The predicted molar refractivity (Wildman–Crippen MR) is 196 cm³/mol. The lowest BCUT2D eigenvalue weighted by Crippen LogP contribution is -2.59. The second-order valence-corrected chi connectivity index (χ2v) is 14.9. The average molecular weight is 985 g/mol. The number of hydrogen-bond acceptors (Lipinski definition) is 5. The number of nitrogens with one attached hydrogen (secondary N) is 2. The van der Waals surface area contributed by atoms with Crippen molar-refractivity contribution in [3.05, 3.63) is 130 Å². The molecule has 2 atom stereocenters. The average Bonchev–Trinajstić information content (AvgIpc) is 3.56. The van der Waals surface area contributed by atoms with E-state index in [0.29, 0.717) is 23.3 Å². The molecule has 5 rings (SSSR count). The normalized spacial score (nSPS) is 15.0. The van der Waals surface area contributed by atoms with Crippen LogP contribution in [0.2, 0.25) is 0 Å². The molecule has 4 aromatic carbocycles. The van der Waals surface area contributed by atoms with Crippen LogP contribution in [0.15, 0.2) is 97.1 Å². The monoisotopic (exact) mass is 984 g/mol. The predicted octanol–water partition coefficient (Wildman–Crippen LogP) is 10.9. The Bertz CT molecular complexity index is 2350. The van der Waals surface area contributed by atoms with E-state index in [4.69, 9.17) is 9.47 Å². The molecule has 0 aliphatic heterocycles. The van der Waals surface area contributed by atoms with Crippen molar-refractivity contribution in [3.8, 4) is 11.1 Å². The van der Waals surface area contributed by atoms with Gasteiger partial charge in [0, 0.05) is 29.9 Å². The number of halogens is 18. The van der Waals surface area contributed by atoms with Gasteiger partial charge in [-0.25, -0.2) is 9.59 Å². The highest BCUT2D eigenvalue weighted by Gasteiger charge is 2.83. The van der Waals surface area contributed by atoms with Crippen LogP contribution in [-0.4, -0.2) is 79.8 Å². The van der Waals surface area contributed by atoms with Gasteiger partial charge in [0.15, 0.2) is 0 Å². The van der Waals surface area contributed by atoms with Crippen molar-refractivity contribution >= 4 is 18.0 Å². The Kier molecular flexibility index (Phi) is 14.0. The van der Waals surface area contributed by atoms with E-state index in [1.807, 2.05) is 0 Å². The van der Waals surface area contributed by atoms with Gasteiger partial charge in [-0.1, -0.05) is 84.9 Å². The molecule has 0 unspecified atom stereocenters. The second-order valence-electron chi connectivity index (χ2n) is 14.9. The molecule has 0 radical (unpaired) electrons. The number of esters is 1. The zero-order valence-electron chi connectivity index (χ0n) is 33.4. The minimum absolute atomic E-state index is 0.119. The van der Waals surface area contributed by atoms with Crippen molar-refractivity contribution in [2.75, 3.05) is 13.7 Å². The minimum Gasteiger partial charge on any atom is -0.467 e. The fourth-order valence-electron chi connectivity index (χ4n) is 6.90. The largest absolute Gasteiger partial charge is 0.467 e. The number of carbonyl (C=O) groups excluding carboxylic acids is 3. The van der Waals surface area contributed by atoms with E-state index in [1.54, 1.807) is 36.4 Å². The lowest BCUT2D eigenvalue weighted by molar-refractivity contribution is -0.399. The summed E-state index contributed by atoms with van der Waals surface area (Å²) >= 11 is 0. The van der Waals surface area contributed by atoms with Gasteiger partial charge in [-0.3, -0.25) is 4.79 Å². The van der Waals surface area contributed by atoms with Crippen LogP contribution in [-0.2, 0) is 43.7 Å². The summed E-state index contributed by atoms with van der Waals surface area (Å²) in [6.07, 6.45) is -16.8. The Labute approximate surface area is 365 Å². The molecule has 1 aliphatic rings. The molecule has 25 heteroatoms. The molecule has 4 aromatic rings. The summed E-state index contributed by atoms with van der Waals surface area (Å²) in [5.41, 5.74) is -6.95. The summed E-state index contributed by atoms with van der Waals surface area (Å²) < 4.78 is 262. The molecule has 2 amide bonds. The van der Waals surface area contributed by atoms with Crippen molar-refractivity contribution in [2.24, 2.45) is 0 Å². The van der Waals surface area contributed by atoms with Gasteiger partial charge in [-0.05, 0) is 45.5 Å². The Morgan fingerprint density at radius 3 is 1.28 bits per heavy atom. The fourth-order valence-corrected chi connectivity index (χ4v) is 6.90. The Morgan fingerprint density at radius 1 is 0.522 bits per heavy atom. The number of benzene rings is 4. The molecule has 0 bridgehead atoms. The van der Waals surface area contributed by atoms with Crippen LogP contribution in [0.1, 0.15) is 39.3 Å². The maximum Gasteiger partial charge on any atom is 0.460 e. The van der Waals surface area contributed by atoms with Crippen molar-refractivity contribution < 1.29 is 103 Å². The number of methoxy groups -OCH3 is 1. The van der Waals surface area contributed by atoms with Gasteiger partial charge in [-0.15, -0.1) is 0 Å². The molecule has 1 aliphatic carbocycles. The molecule has 0 saturated carbocycles. The number of hydrogen-bond donors (Lipinski definition) is 2. The van der Waals surface area contributed by atoms with Gasteiger partial charge in [0.25, 0.3) is 0 Å². The van der Waals surface area contributed by atoms with Gasteiger partial charge in [0.1, 0.15) is 18.7 Å². The van der Waals surface area contributed by atoms with Crippen LogP contribution >= 0.6 is 0 Å². The summed E-state index contributed by atoms with van der Waals surface area (Å²) in [6.45, 7) is -1.46. The zero-order chi connectivity index (χ0) is 50.3. The van der Waals surface area contributed by atoms with Gasteiger partial charge in [-0.2, -0.15) is 79.0 Å². The van der Waals surface area contributed by atoms with Crippen LogP contribution < -0.4 is 10.6 Å². The minimum atomic E-state index is -7.42. The number of amides is 2. The van der Waals surface area contributed by atoms with Crippen LogP contribution in [0.5, 0.6) is 0 Å². The number of fused-ring (bicyclic) bond motifs is 3. The number of carbonyl (C=O) groups is 3. The number of ether oxygens (including phenoxy) is 2. The standard InChI is InChI=1S/C42H30F18N2O5/c1-66-33(64)31(17-22-10-6-3-7-11-22)61-32(63)30(16-21-8-4-2-5-9-21)62-34(65)67-20-29-27-18-23(35(43,44)37(47,48)39(51,52)41(55,56)57)12-14-25(27)26-15-13-24(19-28(26)29)36(45,46)38(49,50)40(53,54)42(58,59)60/h2-15,18-19,29-31H,16-17,20H2,1H3,(H,61,63)(H,62,65)/t30-,31-/m0/s1. The van der Waals surface area contributed by atoms with Gasteiger partial charge >= 0.3 is 60.0 Å². The Morgan fingerprint density at radius 2 is 0.910 bits per heavy atom. The maximum atomic E-state index is 15.2. The van der Waals surface area contributed by atoms with E-state index in [9.17, 15) is 75.8 Å². The van der Waals surface area contributed by atoms with Crippen LogP contribution in [0, 0.1) is 0 Å². The lowest BCUT2D eigenvalue weighted by Gasteiger charge is -2.34. The van der Waals surface area contributed by atoms with Gasteiger partial charge in [0.2, 0.25) is 5.91 Å². The molecule has 364 valence electrons. The van der Waals surface area contributed by atoms with E-state index in [-0.39, 0.29) is 30.7 Å². The SMILES string of the molecule is COC(=O)[C@H](Cc1ccccc1)NC(=O)[C@H](Cc1ccccc1)NC(=O)OCC1c2cc(C(F)(F)C(F)(F)C(F)(F)C(F)(F)F)ccc2-c2ccc(C(F)(F)C(F)(F)C(F)(F)C(F)(F)F)cc21. The first-order valence-electron chi connectivity index (χ1n) is 18.8. The zero-order valence-corrected chi connectivity index (χ0v) is 33.4. The quantitative estimate of drug-likeness (QED) is 0.0862. The van der Waals surface area contributed by atoms with Crippen LogP contribution in [0.25, 0.3) is 11.1 Å². The summed E-state index contributed by atoms with van der Waals surface area (Å²) in [5.74, 6) is -46.6. The van der Waals surface area contributed by atoms with Crippen LogP contribution in [0.4, 0.5) is 83.8 Å². The Balaban J connectivity index is 1.55. The van der Waals surface area contributed by atoms with Crippen molar-refractivity contribution in [1.29, 1.82) is 0 Å². The highest BCUT2D eigenvalue weighted by Crippen LogP contribution is 2.60. The molecule has 0 spiro atoms.